The fourth-order valence-corrected chi connectivity index (χ4v) is 3.35. The largest absolute Gasteiger partial charge is 0.334 e. The molecule has 0 saturated carbocycles. The third kappa shape index (κ3) is 5.90. The maximum atomic E-state index is 12.4. The van der Waals surface area contributed by atoms with Crippen molar-refractivity contribution in [2.45, 2.75) is 26.1 Å². The average molecular weight is 380 g/mol. The van der Waals surface area contributed by atoms with Gasteiger partial charge in [-0.15, -0.1) is 0 Å². The summed E-state index contributed by atoms with van der Waals surface area (Å²) in [7, 11) is 0. The highest BCUT2D eigenvalue weighted by Crippen LogP contribution is 2.10. The molecule has 2 aromatic rings. The lowest BCUT2D eigenvalue weighted by Crippen LogP contribution is -2.55. The van der Waals surface area contributed by atoms with E-state index in [-0.39, 0.29) is 11.9 Å². The molecule has 1 aliphatic heterocycles. The summed E-state index contributed by atoms with van der Waals surface area (Å²) in [5, 5.41) is 5.18. The van der Waals surface area contributed by atoms with Gasteiger partial charge in [0.25, 0.3) is 0 Å². The Bertz CT molecular complexity index is 759. The van der Waals surface area contributed by atoms with Crippen molar-refractivity contribution < 1.29 is 9.59 Å². The number of benzene rings is 2. The smallest absolute Gasteiger partial charge is 0.321 e. The van der Waals surface area contributed by atoms with Crippen molar-refractivity contribution in [3.05, 3.63) is 71.8 Å². The second kappa shape index (κ2) is 10.0. The Morgan fingerprint density at radius 2 is 1.46 bits per heavy atom. The Labute approximate surface area is 166 Å². The standard InChI is InChI=1S/C22H28N4O2/c1-18(21(27)24-22(28)23-16-19-8-4-2-5-9-19)26-14-12-25(13-15-26)17-20-10-6-3-7-11-20/h2-11,18H,12-17H2,1H3,(H2,23,24,27,28). The molecule has 3 rings (SSSR count). The summed E-state index contributed by atoms with van der Waals surface area (Å²) < 4.78 is 0. The lowest BCUT2D eigenvalue weighted by Gasteiger charge is -2.37. The van der Waals surface area contributed by atoms with E-state index in [0.717, 1.165) is 38.3 Å². The van der Waals surface area contributed by atoms with E-state index in [1.165, 1.54) is 5.56 Å². The predicted octanol–water partition coefficient (Wildman–Crippen LogP) is 2.22. The number of nitrogens with zero attached hydrogens (tertiary/aromatic N) is 2. The number of rotatable bonds is 6. The van der Waals surface area contributed by atoms with Gasteiger partial charge in [-0.2, -0.15) is 0 Å². The molecule has 0 spiro atoms. The summed E-state index contributed by atoms with van der Waals surface area (Å²) in [5.41, 5.74) is 2.30. The molecule has 0 aromatic heterocycles. The number of amides is 3. The van der Waals surface area contributed by atoms with Crippen LogP contribution in [0.1, 0.15) is 18.1 Å². The number of hydrogen-bond acceptors (Lipinski definition) is 4. The number of carbonyl (C=O) groups excluding carboxylic acids is 2. The number of piperazine rings is 1. The van der Waals surface area contributed by atoms with E-state index in [4.69, 9.17) is 0 Å². The van der Waals surface area contributed by atoms with Crippen LogP contribution in [0, 0.1) is 0 Å². The first-order chi connectivity index (χ1) is 13.6. The summed E-state index contributed by atoms with van der Waals surface area (Å²) in [6, 6.07) is 19.2. The van der Waals surface area contributed by atoms with Crippen molar-refractivity contribution in [3.63, 3.8) is 0 Å². The van der Waals surface area contributed by atoms with Gasteiger partial charge < -0.3 is 5.32 Å². The summed E-state index contributed by atoms with van der Waals surface area (Å²) in [6.45, 7) is 6.62. The summed E-state index contributed by atoms with van der Waals surface area (Å²) in [5.74, 6) is -0.262. The third-order valence-electron chi connectivity index (χ3n) is 5.12. The van der Waals surface area contributed by atoms with Crippen LogP contribution in [0.5, 0.6) is 0 Å². The zero-order valence-corrected chi connectivity index (χ0v) is 16.3. The second-order valence-corrected chi connectivity index (χ2v) is 7.13. The fourth-order valence-electron chi connectivity index (χ4n) is 3.35. The summed E-state index contributed by atoms with van der Waals surface area (Å²) in [6.07, 6.45) is 0. The maximum Gasteiger partial charge on any atom is 0.321 e. The molecule has 0 bridgehead atoms. The molecule has 1 fully saturated rings. The van der Waals surface area contributed by atoms with Gasteiger partial charge in [-0.05, 0) is 18.1 Å². The fraction of sp³-hybridized carbons (Fsp3) is 0.364. The van der Waals surface area contributed by atoms with Crippen LogP contribution >= 0.6 is 0 Å². The predicted molar refractivity (Wildman–Crippen MR) is 110 cm³/mol. The molecule has 3 amide bonds. The second-order valence-electron chi connectivity index (χ2n) is 7.13. The van der Waals surface area contributed by atoms with Crippen LogP contribution in [0.2, 0.25) is 0 Å². The zero-order chi connectivity index (χ0) is 19.8. The van der Waals surface area contributed by atoms with E-state index in [1.807, 2.05) is 43.3 Å². The van der Waals surface area contributed by atoms with Crippen molar-refractivity contribution in [1.82, 2.24) is 20.4 Å². The van der Waals surface area contributed by atoms with Crippen LogP contribution in [0.15, 0.2) is 60.7 Å². The monoisotopic (exact) mass is 380 g/mol. The van der Waals surface area contributed by atoms with Crippen molar-refractivity contribution in [3.8, 4) is 0 Å². The Morgan fingerprint density at radius 1 is 0.893 bits per heavy atom. The topological polar surface area (TPSA) is 64.7 Å². The van der Waals surface area contributed by atoms with Crippen molar-refractivity contribution >= 4 is 11.9 Å². The van der Waals surface area contributed by atoms with E-state index in [0.29, 0.717) is 6.54 Å². The van der Waals surface area contributed by atoms with Crippen molar-refractivity contribution in [2.75, 3.05) is 26.2 Å². The van der Waals surface area contributed by atoms with Crippen LogP contribution in [0.25, 0.3) is 0 Å². The van der Waals surface area contributed by atoms with Crippen molar-refractivity contribution in [2.24, 2.45) is 0 Å². The van der Waals surface area contributed by atoms with E-state index >= 15 is 0 Å². The van der Waals surface area contributed by atoms with Gasteiger partial charge in [0.2, 0.25) is 5.91 Å². The van der Waals surface area contributed by atoms with Gasteiger partial charge in [-0.25, -0.2) is 4.79 Å². The highest BCUT2D eigenvalue weighted by atomic mass is 16.2. The van der Waals surface area contributed by atoms with Crippen molar-refractivity contribution in [1.29, 1.82) is 0 Å². The Kier molecular flexibility index (Phi) is 7.17. The number of hydrogen-bond donors (Lipinski definition) is 2. The van der Waals surface area contributed by atoms with Crippen LogP contribution in [-0.2, 0) is 17.9 Å². The first-order valence-electron chi connectivity index (χ1n) is 9.75. The van der Waals surface area contributed by atoms with E-state index in [1.54, 1.807) is 0 Å². The summed E-state index contributed by atoms with van der Waals surface area (Å²) in [4.78, 5) is 28.9. The minimum absolute atomic E-state index is 0.262. The highest BCUT2D eigenvalue weighted by molar-refractivity contribution is 5.96. The van der Waals surface area contributed by atoms with Gasteiger partial charge in [0.05, 0.1) is 6.04 Å². The summed E-state index contributed by atoms with van der Waals surface area (Å²) >= 11 is 0. The first kappa shape index (κ1) is 20.0. The third-order valence-corrected chi connectivity index (χ3v) is 5.12. The molecule has 1 atom stereocenters. The molecular weight excluding hydrogens is 352 g/mol. The molecule has 6 nitrogen and oxygen atoms in total. The van der Waals surface area contributed by atoms with E-state index in [2.05, 4.69) is 44.7 Å². The van der Waals surface area contributed by atoms with Crippen LogP contribution < -0.4 is 10.6 Å². The van der Waals surface area contributed by atoms with Gasteiger partial charge in [-0.1, -0.05) is 60.7 Å². The maximum absolute atomic E-state index is 12.4. The molecule has 1 unspecified atom stereocenters. The first-order valence-corrected chi connectivity index (χ1v) is 9.75. The Hall–Kier alpha value is -2.70. The average Bonchev–Trinajstić information content (AvgIpc) is 2.74. The normalized spacial score (nSPS) is 16.3. The lowest BCUT2D eigenvalue weighted by molar-refractivity contribution is -0.125. The van der Waals surface area contributed by atoms with Crippen LogP contribution in [-0.4, -0.2) is 54.0 Å². The molecule has 1 aliphatic rings. The molecule has 28 heavy (non-hydrogen) atoms. The molecular formula is C22H28N4O2. The van der Waals surface area contributed by atoms with Gasteiger partial charge in [0.15, 0.2) is 0 Å². The Balaban J connectivity index is 1.39. The minimum Gasteiger partial charge on any atom is -0.334 e. The van der Waals surface area contributed by atoms with Crippen LogP contribution in [0.3, 0.4) is 0 Å². The number of urea groups is 1. The molecule has 2 aromatic carbocycles. The van der Waals surface area contributed by atoms with E-state index in [9.17, 15) is 9.59 Å². The Morgan fingerprint density at radius 3 is 2.07 bits per heavy atom. The number of carbonyl (C=O) groups is 2. The molecule has 1 heterocycles. The number of nitrogens with one attached hydrogen (secondary N) is 2. The molecule has 0 aliphatic carbocycles. The zero-order valence-electron chi connectivity index (χ0n) is 16.3. The van der Waals surface area contributed by atoms with Gasteiger partial charge in [-0.3, -0.25) is 19.9 Å². The molecule has 6 heteroatoms. The SMILES string of the molecule is CC(C(=O)NC(=O)NCc1ccccc1)N1CCN(Cc2ccccc2)CC1. The van der Waals surface area contributed by atoms with Gasteiger partial charge in [0, 0.05) is 39.3 Å². The number of imide groups is 1. The van der Waals surface area contributed by atoms with E-state index < -0.39 is 6.03 Å². The minimum atomic E-state index is -0.455. The molecule has 2 N–H and O–H groups in total. The molecule has 1 saturated heterocycles. The highest BCUT2D eigenvalue weighted by Gasteiger charge is 2.26. The molecule has 148 valence electrons. The lowest BCUT2D eigenvalue weighted by atomic mass is 10.1. The molecule has 0 radical (unpaired) electrons. The van der Waals surface area contributed by atoms with Gasteiger partial charge in [0.1, 0.15) is 0 Å². The van der Waals surface area contributed by atoms with Crippen LogP contribution in [0.4, 0.5) is 4.79 Å². The van der Waals surface area contributed by atoms with Gasteiger partial charge >= 0.3 is 6.03 Å². The quantitative estimate of drug-likeness (QED) is 0.807.